The third-order valence-electron chi connectivity index (χ3n) is 5.29. The highest BCUT2D eigenvalue weighted by atomic mass is 19.4. The number of carbonyl (C=O) groups excluding carboxylic acids is 2. The van der Waals surface area contributed by atoms with Crippen LogP contribution in [0.5, 0.6) is 0 Å². The topological polar surface area (TPSA) is 92.6 Å². The summed E-state index contributed by atoms with van der Waals surface area (Å²) in [5.41, 5.74) is 0.342. The molecule has 0 aliphatic carbocycles. The lowest BCUT2D eigenvalue weighted by Crippen LogP contribution is -2.35. The summed E-state index contributed by atoms with van der Waals surface area (Å²) in [6.45, 7) is 1.92. The Kier molecular flexibility index (Phi) is 7.85. The van der Waals surface area contributed by atoms with Crippen LogP contribution in [0.4, 0.5) is 24.5 Å². The second-order valence-electron chi connectivity index (χ2n) is 7.73. The molecule has 0 radical (unpaired) electrons. The van der Waals surface area contributed by atoms with E-state index in [-0.39, 0.29) is 36.4 Å². The summed E-state index contributed by atoms with van der Waals surface area (Å²) in [5, 5.41) is 13.4. The minimum atomic E-state index is -4.56. The molecule has 0 aliphatic rings. The fourth-order valence-corrected chi connectivity index (χ4v) is 3.43. The van der Waals surface area contributed by atoms with Gasteiger partial charge in [-0.05, 0) is 55.3 Å². The minimum absolute atomic E-state index is 0.0506. The Hall–Kier alpha value is -4.21. The first-order valence-corrected chi connectivity index (χ1v) is 10.7. The van der Waals surface area contributed by atoms with E-state index in [2.05, 4.69) is 5.32 Å². The number of nitro groups is 1. The van der Waals surface area contributed by atoms with Crippen molar-refractivity contribution >= 4 is 23.2 Å². The van der Waals surface area contributed by atoms with Gasteiger partial charge in [0.2, 0.25) is 0 Å². The second kappa shape index (κ2) is 10.8. The Bertz CT molecular complexity index is 1230. The molecular formula is C25H22F3N3O4. The van der Waals surface area contributed by atoms with Crippen molar-refractivity contribution in [3.63, 3.8) is 0 Å². The second-order valence-corrected chi connectivity index (χ2v) is 7.73. The number of aryl methyl sites for hydroxylation is 1. The van der Waals surface area contributed by atoms with E-state index in [1.54, 1.807) is 31.2 Å². The number of benzene rings is 3. The first-order chi connectivity index (χ1) is 16.6. The number of alkyl halides is 3. The number of hydrogen-bond donors (Lipinski definition) is 1. The molecule has 7 nitrogen and oxygen atoms in total. The SMILES string of the molecule is Cc1ccccc1C(=O)N(CCCNC(=O)c1ccc([N+](=O)[O-])cc1)c1cccc(C(F)(F)F)c1. The molecule has 2 amide bonds. The first kappa shape index (κ1) is 25.4. The first-order valence-electron chi connectivity index (χ1n) is 10.7. The van der Waals surface area contributed by atoms with Crippen molar-refractivity contribution in [3.05, 3.63) is 105 Å². The molecule has 3 rings (SSSR count). The van der Waals surface area contributed by atoms with Gasteiger partial charge in [-0.3, -0.25) is 19.7 Å². The van der Waals surface area contributed by atoms with Crippen molar-refractivity contribution in [3.8, 4) is 0 Å². The van der Waals surface area contributed by atoms with E-state index in [1.165, 1.54) is 41.3 Å². The van der Waals surface area contributed by atoms with Crippen molar-refractivity contribution in [2.24, 2.45) is 0 Å². The molecule has 3 aromatic rings. The van der Waals surface area contributed by atoms with Crippen molar-refractivity contribution in [1.82, 2.24) is 5.32 Å². The average Bonchev–Trinajstić information content (AvgIpc) is 2.83. The fraction of sp³-hybridized carbons (Fsp3) is 0.200. The predicted octanol–water partition coefficient (Wildman–Crippen LogP) is 5.39. The maximum atomic E-state index is 13.3. The van der Waals surface area contributed by atoms with Gasteiger partial charge in [0.1, 0.15) is 0 Å². The number of nitro benzene ring substituents is 1. The summed E-state index contributed by atoms with van der Waals surface area (Å²) in [6, 6.07) is 16.4. The number of hydrogen-bond acceptors (Lipinski definition) is 4. The Morgan fingerprint density at radius 3 is 2.31 bits per heavy atom. The summed E-state index contributed by atoms with van der Waals surface area (Å²) >= 11 is 0. The van der Waals surface area contributed by atoms with Crippen LogP contribution in [0.15, 0.2) is 72.8 Å². The molecule has 0 unspecified atom stereocenters. The van der Waals surface area contributed by atoms with Gasteiger partial charge in [0.15, 0.2) is 0 Å². The lowest BCUT2D eigenvalue weighted by atomic mass is 10.1. The molecule has 3 aromatic carbocycles. The van der Waals surface area contributed by atoms with Gasteiger partial charge in [-0.2, -0.15) is 13.2 Å². The lowest BCUT2D eigenvalue weighted by molar-refractivity contribution is -0.384. The van der Waals surface area contributed by atoms with E-state index in [1.807, 2.05) is 0 Å². The summed E-state index contributed by atoms with van der Waals surface area (Å²) < 4.78 is 39.8. The zero-order valence-electron chi connectivity index (χ0n) is 18.7. The predicted molar refractivity (Wildman–Crippen MR) is 124 cm³/mol. The molecule has 0 aromatic heterocycles. The molecular weight excluding hydrogens is 463 g/mol. The zero-order valence-corrected chi connectivity index (χ0v) is 18.7. The van der Waals surface area contributed by atoms with Crippen molar-refractivity contribution < 1.29 is 27.7 Å². The number of nitrogens with one attached hydrogen (secondary N) is 1. The summed E-state index contributed by atoms with van der Waals surface area (Å²) in [7, 11) is 0. The molecule has 0 fully saturated rings. The largest absolute Gasteiger partial charge is 0.416 e. The van der Waals surface area contributed by atoms with Gasteiger partial charge in [-0.15, -0.1) is 0 Å². The van der Waals surface area contributed by atoms with E-state index in [4.69, 9.17) is 0 Å². The highest BCUT2D eigenvalue weighted by Gasteiger charge is 2.31. The molecule has 35 heavy (non-hydrogen) atoms. The highest BCUT2D eigenvalue weighted by Crippen LogP contribution is 2.32. The maximum Gasteiger partial charge on any atom is 0.416 e. The quantitative estimate of drug-likeness (QED) is 0.263. The lowest BCUT2D eigenvalue weighted by Gasteiger charge is -2.25. The van der Waals surface area contributed by atoms with Crippen LogP contribution in [-0.2, 0) is 6.18 Å². The van der Waals surface area contributed by atoms with Crippen molar-refractivity contribution in [1.29, 1.82) is 0 Å². The Labute approximate surface area is 199 Å². The monoisotopic (exact) mass is 485 g/mol. The summed E-state index contributed by atoms with van der Waals surface area (Å²) in [4.78, 5) is 37.0. The van der Waals surface area contributed by atoms with Crippen LogP contribution < -0.4 is 10.2 Å². The van der Waals surface area contributed by atoms with Crippen LogP contribution in [0.3, 0.4) is 0 Å². The molecule has 0 aliphatic heterocycles. The molecule has 0 saturated carbocycles. The van der Waals surface area contributed by atoms with E-state index in [0.29, 0.717) is 11.1 Å². The van der Waals surface area contributed by atoms with Crippen LogP contribution in [0.25, 0.3) is 0 Å². The molecule has 0 heterocycles. The van der Waals surface area contributed by atoms with E-state index >= 15 is 0 Å². The van der Waals surface area contributed by atoms with Gasteiger partial charge in [-0.1, -0.05) is 24.3 Å². The minimum Gasteiger partial charge on any atom is -0.352 e. The van der Waals surface area contributed by atoms with Gasteiger partial charge in [0.05, 0.1) is 10.5 Å². The Morgan fingerprint density at radius 2 is 1.69 bits per heavy atom. The number of halogens is 3. The van der Waals surface area contributed by atoms with Crippen LogP contribution >= 0.6 is 0 Å². The van der Waals surface area contributed by atoms with Crippen molar-refractivity contribution in [2.75, 3.05) is 18.0 Å². The van der Waals surface area contributed by atoms with Crippen LogP contribution in [-0.4, -0.2) is 29.8 Å². The molecule has 0 saturated heterocycles. The number of rotatable bonds is 8. The Morgan fingerprint density at radius 1 is 1.00 bits per heavy atom. The van der Waals surface area contributed by atoms with Crippen LogP contribution in [0, 0.1) is 17.0 Å². The molecule has 10 heteroatoms. The normalized spacial score (nSPS) is 11.1. The number of carbonyl (C=O) groups is 2. The van der Waals surface area contributed by atoms with Gasteiger partial charge >= 0.3 is 6.18 Å². The molecule has 182 valence electrons. The summed E-state index contributed by atoms with van der Waals surface area (Å²) in [6.07, 6.45) is -4.31. The average molecular weight is 485 g/mol. The molecule has 0 spiro atoms. The Balaban J connectivity index is 1.74. The van der Waals surface area contributed by atoms with E-state index in [0.717, 1.165) is 12.1 Å². The molecule has 0 atom stereocenters. The summed E-state index contributed by atoms with van der Waals surface area (Å²) in [5.74, 6) is -0.917. The molecule has 1 N–H and O–H groups in total. The van der Waals surface area contributed by atoms with Crippen molar-refractivity contribution in [2.45, 2.75) is 19.5 Å². The van der Waals surface area contributed by atoms with Crippen LogP contribution in [0.1, 0.15) is 38.3 Å². The zero-order chi connectivity index (χ0) is 25.6. The standard InChI is InChI=1S/C25H22F3N3O4/c1-17-6-2-3-9-22(17)24(33)30(21-8-4-7-19(16-21)25(26,27)28)15-5-14-29-23(32)18-10-12-20(13-11-18)31(34)35/h2-4,6-13,16H,5,14-15H2,1H3,(H,29,32). The third kappa shape index (κ3) is 6.44. The molecule has 0 bridgehead atoms. The van der Waals surface area contributed by atoms with E-state index < -0.39 is 28.5 Å². The van der Waals surface area contributed by atoms with Gasteiger partial charge < -0.3 is 10.2 Å². The maximum absolute atomic E-state index is 13.3. The smallest absolute Gasteiger partial charge is 0.352 e. The fourth-order valence-electron chi connectivity index (χ4n) is 3.43. The van der Waals surface area contributed by atoms with Gasteiger partial charge in [0.25, 0.3) is 17.5 Å². The third-order valence-corrected chi connectivity index (χ3v) is 5.29. The number of amides is 2. The number of anilines is 1. The number of non-ortho nitro benzene ring substituents is 1. The van der Waals surface area contributed by atoms with Crippen LogP contribution in [0.2, 0.25) is 0 Å². The van der Waals surface area contributed by atoms with Gasteiger partial charge in [0, 0.05) is 42.0 Å². The van der Waals surface area contributed by atoms with E-state index in [9.17, 15) is 32.9 Å². The van der Waals surface area contributed by atoms with Gasteiger partial charge in [-0.25, -0.2) is 0 Å². The number of nitrogens with zero attached hydrogens (tertiary/aromatic N) is 2. The highest BCUT2D eigenvalue weighted by molar-refractivity contribution is 6.07.